The monoisotopic (exact) mass is 324 g/mol. The summed E-state index contributed by atoms with van der Waals surface area (Å²) in [6, 6.07) is 6.77. The van der Waals surface area contributed by atoms with Crippen molar-refractivity contribution in [1.29, 1.82) is 0 Å². The molecule has 1 heterocycles. The lowest BCUT2D eigenvalue weighted by Crippen LogP contribution is -2.36. The molecule has 0 saturated heterocycles. The maximum atomic E-state index is 12.4. The van der Waals surface area contributed by atoms with E-state index in [0.717, 1.165) is 11.3 Å². The van der Waals surface area contributed by atoms with E-state index in [-0.39, 0.29) is 5.75 Å². The Morgan fingerprint density at radius 1 is 1.30 bits per heavy atom. The first-order valence-corrected chi connectivity index (χ1v) is 6.96. The molecule has 0 radical (unpaired) electrons. The van der Waals surface area contributed by atoms with Crippen molar-refractivity contribution in [1.82, 2.24) is 15.8 Å². The Bertz CT molecular complexity index is 645. The standard InChI is InChI=1S/C15H18F2N4O2/c1-10-3-4-13(23-14(16)17)11(7-10)8-19-15(18-2)20-9-12-5-6-22-21-12/h3-7,14H,8-9H2,1-2H3,(H2,18,19,20). The van der Waals surface area contributed by atoms with Crippen LogP contribution in [0.1, 0.15) is 16.8 Å². The van der Waals surface area contributed by atoms with E-state index in [2.05, 4.69) is 25.5 Å². The molecule has 0 fully saturated rings. The zero-order chi connectivity index (χ0) is 16.7. The topological polar surface area (TPSA) is 71.7 Å². The van der Waals surface area contributed by atoms with Crippen molar-refractivity contribution >= 4 is 5.96 Å². The molecule has 124 valence electrons. The zero-order valence-electron chi connectivity index (χ0n) is 12.8. The van der Waals surface area contributed by atoms with Crippen molar-refractivity contribution in [2.24, 2.45) is 4.99 Å². The molecule has 6 nitrogen and oxygen atoms in total. The van der Waals surface area contributed by atoms with E-state index >= 15 is 0 Å². The van der Waals surface area contributed by atoms with Crippen molar-refractivity contribution in [3.05, 3.63) is 47.3 Å². The quantitative estimate of drug-likeness (QED) is 0.631. The van der Waals surface area contributed by atoms with Gasteiger partial charge in [-0.2, -0.15) is 8.78 Å². The minimum absolute atomic E-state index is 0.144. The Hall–Kier alpha value is -2.64. The number of halogens is 2. The van der Waals surface area contributed by atoms with Gasteiger partial charge in [0.05, 0.1) is 6.54 Å². The zero-order valence-corrected chi connectivity index (χ0v) is 12.8. The van der Waals surface area contributed by atoms with Crippen molar-refractivity contribution < 1.29 is 18.0 Å². The summed E-state index contributed by atoms with van der Waals surface area (Å²) < 4.78 is 34.2. The van der Waals surface area contributed by atoms with Crippen LogP contribution in [-0.4, -0.2) is 24.8 Å². The van der Waals surface area contributed by atoms with Crippen LogP contribution >= 0.6 is 0 Å². The number of alkyl halides is 2. The van der Waals surface area contributed by atoms with Gasteiger partial charge < -0.3 is 19.9 Å². The summed E-state index contributed by atoms with van der Waals surface area (Å²) in [5, 5.41) is 9.86. The maximum absolute atomic E-state index is 12.4. The van der Waals surface area contributed by atoms with E-state index < -0.39 is 6.61 Å². The number of benzene rings is 1. The number of hydrogen-bond acceptors (Lipinski definition) is 4. The van der Waals surface area contributed by atoms with Gasteiger partial charge >= 0.3 is 6.61 Å². The highest BCUT2D eigenvalue weighted by Gasteiger charge is 2.10. The first-order valence-electron chi connectivity index (χ1n) is 6.96. The Balaban J connectivity index is 1.96. The predicted molar refractivity (Wildman–Crippen MR) is 81.4 cm³/mol. The average molecular weight is 324 g/mol. The lowest BCUT2D eigenvalue weighted by molar-refractivity contribution is -0.0504. The molecule has 2 rings (SSSR count). The predicted octanol–water partition coefficient (Wildman–Crippen LogP) is 2.45. The fourth-order valence-electron chi connectivity index (χ4n) is 1.96. The Labute approximate surface area is 132 Å². The Morgan fingerprint density at radius 3 is 2.74 bits per heavy atom. The highest BCUT2D eigenvalue weighted by molar-refractivity contribution is 5.79. The summed E-state index contributed by atoms with van der Waals surface area (Å²) in [7, 11) is 1.62. The van der Waals surface area contributed by atoms with Crippen LogP contribution in [-0.2, 0) is 13.1 Å². The van der Waals surface area contributed by atoms with Crippen molar-refractivity contribution in [2.45, 2.75) is 26.6 Å². The molecule has 2 aromatic rings. The summed E-state index contributed by atoms with van der Waals surface area (Å²) in [6.45, 7) is -0.249. The lowest BCUT2D eigenvalue weighted by atomic mass is 10.1. The molecule has 1 aromatic heterocycles. The number of guanidine groups is 1. The van der Waals surface area contributed by atoms with Gasteiger partial charge in [0.25, 0.3) is 0 Å². The number of aromatic nitrogens is 1. The van der Waals surface area contributed by atoms with Crippen molar-refractivity contribution in [3.63, 3.8) is 0 Å². The van der Waals surface area contributed by atoms with Gasteiger partial charge in [0.15, 0.2) is 5.96 Å². The van der Waals surface area contributed by atoms with Gasteiger partial charge in [-0.15, -0.1) is 0 Å². The summed E-state index contributed by atoms with van der Waals surface area (Å²) >= 11 is 0. The molecular weight excluding hydrogens is 306 g/mol. The van der Waals surface area contributed by atoms with Gasteiger partial charge in [-0.25, -0.2) is 0 Å². The van der Waals surface area contributed by atoms with Crippen LogP contribution in [0, 0.1) is 6.92 Å². The highest BCUT2D eigenvalue weighted by atomic mass is 19.3. The number of aliphatic imine (C=N–C) groups is 1. The molecule has 0 spiro atoms. The molecule has 0 atom stereocenters. The molecule has 0 unspecified atom stereocenters. The van der Waals surface area contributed by atoms with Gasteiger partial charge in [-0.1, -0.05) is 22.9 Å². The molecule has 0 amide bonds. The van der Waals surface area contributed by atoms with Gasteiger partial charge in [-0.3, -0.25) is 4.99 Å². The van der Waals surface area contributed by atoms with E-state index in [1.54, 1.807) is 25.2 Å². The van der Waals surface area contributed by atoms with E-state index in [1.807, 2.05) is 6.92 Å². The maximum Gasteiger partial charge on any atom is 0.387 e. The first-order chi connectivity index (χ1) is 11.1. The molecule has 2 N–H and O–H groups in total. The number of nitrogens with one attached hydrogen (secondary N) is 2. The third kappa shape index (κ3) is 5.24. The first kappa shape index (κ1) is 16.7. The summed E-state index contributed by atoms with van der Waals surface area (Å²) in [6.07, 6.45) is 1.48. The normalized spacial score (nSPS) is 11.6. The smallest absolute Gasteiger partial charge is 0.387 e. The molecule has 0 aliphatic carbocycles. The summed E-state index contributed by atoms with van der Waals surface area (Å²) in [4.78, 5) is 4.06. The number of rotatable bonds is 6. The highest BCUT2D eigenvalue weighted by Crippen LogP contribution is 2.21. The molecule has 23 heavy (non-hydrogen) atoms. The lowest BCUT2D eigenvalue weighted by Gasteiger charge is -2.14. The molecule has 0 bridgehead atoms. The second kappa shape index (κ2) is 8.11. The van der Waals surface area contributed by atoms with Gasteiger partial charge in [0.1, 0.15) is 17.7 Å². The number of ether oxygens (including phenoxy) is 1. The van der Waals surface area contributed by atoms with Crippen LogP contribution in [0.2, 0.25) is 0 Å². The van der Waals surface area contributed by atoms with E-state index in [9.17, 15) is 8.78 Å². The minimum atomic E-state index is -2.86. The van der Waals surface area contributed by atoms with E-state index in [1.165, 1.54) is 12.3 Å². The van der Waals surface area contributed by atoms with Crippen LogP contribution in [0.5, 0.6) is 5.75 Å². The molecular formula is C15H18F2N4O2. The van der Waals surface area contributed by atoms with Crippen LogP contribution in [0.25, 0.3) is 0 Å². The number of nitrogens with zero attached hydrogens (tertiary/aromatic N) is 2. The molecule has 0 aliphatic rings. The average Bonchev–Trinajstić information content (AvgIpc) is 3.03. The molecule has 0 saturated carbocycles. The van der Waals surface area contributed by atoms with Gasteiger partial charge in [-0.05, 0) is 13.0 Å². The Morgan fingerprint density at radius 2 is 2.09 bits per heavy atom. The largest absolute Gasteiger partial charge is 0.434 e. The van der Waals surface area contributed by atoms with Crippen molar-refractivity contribution in [2.75, 3.05) is 7.05 Å². The number of hydrogen-bond donors (Lipinski definition) is 2. The SMILES string of the molecule is CN=C(NCc1ccon1)NCc1cc(C)ccc1OC(F)F. The second-order valence-electron chi connectivity index (χ2n) is 4.76. The van der Waals surface area contributed by atoms with Gasteiger partial charge in [0, 0.05) is 25.2 Å². The fraction of sp³-hybridized carbons (Fsp3) is 0.333. The molecule has 1 aromatic carbocycles. The third-order valence-electron chi connectivity index (χ3n) is 3.03. The number of aryl methyl sites for hydroxylation is 1. The van der Waals surface area contributed by atoms with E-state index in [0.29, 0.717) is 24.6 Å². The molecule has 8 heteroatoms. The van der Waals surface area contributed by atoms with E-state index in [4.69, 9.17) is 4.52 Å². The summed E-state index contributed by atoms with van der Waals surface area (Å²) in [5.74, 6) is 0.655. The molecule has 0 aliphatic heterocycles. The van der Waals surface area contributed by atoms with Gasteiger partial charge in [0.2, 0.25) is 0 Å². The van der Waals surface area contributed by atoms with Crippen LogP contribution < -0.4 is 15.4 Å². The third-order valence-corrected chi connectivity index (χ3v) is 3.03. The van der Waals surface area contributed by atoms with Crippen molar-refractivity contribution in [3.8, 4) is 5.75 Å². The fourth-order valence-corrected chi connectivity index (χ4v) is 1.96. The van der Waals surface area contributed by atoms with Crippen LogP contribution in [0.4, 0.5) is 8.78 Å². The second-order valence-corrected chi connectivity index (χ2v) is 4.76. The van der Waals surface area contributed by atoms with Crippen LogP contribution in [0.3, 0.4) is 0 Å². The van der Waals surface area contributed by atoms with Crippen LogP contribution in [0.15, 0.2) is 40.0 Å². The minimum Gasteiger partial charge on any atom is -0.434 e. The summed E-state index contributed by atoms with van der Waals surface area (Å²) in [5.41, 5.74) is 2.30. The Kier molecular flexibility index (Phi) is 5.90.